The summed E-state index contributed by atoms with van der Waals surface area (Å²) in [5.74, 6) is 6.40. The van der Waals surface area contributed by atoms with Crippen molar-refractivity contribution in [1.82, 2.24) is 14.5 Å². The van der Waals surface area contributed by atoms with Gasteiger partial charge in [0.25, 0.3) is 5.91 Å². The van der Waals surface area contributed by atoms with Crippen molar-refractivity contribution in [2.24, 2.45) is 5.92 Å². The molecule has 1 aliphatic rings. The SMILES string of the molecule is Cc1ccc(C(=O)Nc2cccc(C(F)(F)F)c2)cc1C#Cc1cn([C@H]2CC[C@H](CO)CC2)c2ncnc(N)c12. The Kier molecular flexibility index (Phi) is 7.50. The quantitative estimate of drug-likeness (QED) is 0.284. The Morgan fingerprint density at radius 3 is 2.58 bits per heavy atom. The molecule has 1 amide bonds. The molecule has 0 spiro atoms. The van der Waals surface area contributed by atoms with Gasteiger partial charge >= 0.3 is 6.18 Å². The number of fused-ring (bicyclic) bond motifs is 1. The molecule has 4 N–H and O–H groups in total. The molecule has 40 heavy (non-hydrogen) atoms. The Hall–Kier alpha value is -4.36. The van der Waals surface area contributed by atoms with Crippen LogP contribution < -0.4 is 11.1 Å². The summed E-state index contributed by atoms with van der Waals surface area (Å²) in [6.07, 6.45) is 2.53. The van der Waals surface area contributed by atoms with Crippen LogP contribution in [0.3, 0.4) is 0 Å². The first kappa shape index (κ1) is 27.2. The second kappa shape index (κ2) is 11.0. The number of halogens is 3. The van der Waals surface area contributed by atoms with Gasteiger partial charge in [0.15, 0.2) is 0 Å². The van der Waals surface area contributed by atoms with Gasteiger partial charge < -0.3 is 20.7 Å². The fraction of sp³-hybridized carbons (Fsp3) is 0.300. The van der Waals surface area contributed by atoms with E-state index in [9.17, 15) is 23.1 Å². The van der Waals surface area contributed by atoms with Gasteiger partial charge in [-0.25, -0.2) is 9.97 Å². The average molecular weight is 548 g/mol. The van der Waals surface area contributed by atoms with Gasteiger partial charge in [-0.3, -0.25) is 4.79 Å². The summed E-state index contributed by atoms with van der Waals surface area (Å²) in [5, 5.41) is 12.7. The number of benzene rings is 2. The summed E-state index contributed by atoms with van der Waals surface area (Å²) < 4.78 is 41.3. The zero-order valence-electron chi connectivity index (χ0n) is 21.8. The molecule has 2 heterocycles. The topological polar surface area (TPSA) is 106 Å². The van der Waals surface area contributed by atoms with Crippen LogP contribution >= 0.6 is 0 Å². The number of aliphatic hydroxyl groups is 1. The lowest BCUT2D eigenvalue weighted by Gasteiger charge is -2.28. The summed E-state index contributed by atoms with van der Waals surface area (Å²) >= 11 is 0. The van der Waals surface area contributed by atoms with Crippen LogP contribution in [0.1, 0.15) is 64.3 Å². The summed E-state index contributed by atoms with van der Waals surface area (Å²) in [5.41, 5.74) is 8.49. The highest BCUT2D eigenvalue weighted by molar-refractivity contribution is 6.04. The fourth-order valence-electron chi connectivity index (χ4n) is 5.10. The maximum Gasteiger partial charge on any atom is 0.416 e. The predicted molar refractivity (Wildman–Crippen MR) is 147 cm³/mol. The first-order valence-corrected chi connectivity index (χ1v) is 13.0. The number of hydrogen-bond donors (Lipinski definition) is 3. The molecule has 206 valence electrons. The number of hydrogen-bond acceptors (Lipinski definition) is 5. The molecule has 2 aromatic carbocycles. The molecule has 0 unspecified atom stereocenters. The minimum Gasteiger partial charge on any atom is -0.396 e. The lowest BCUT2D eigenvalue weighted by Crippen LogP contribution is -2.20. The van der Waals surface area contributed by atoms with E-state index in [1.807, 2.05) is 13.1 Å². The summed E-state index contributed by atoms with van der Waals surface area (Å²) in [6.45, 7) is 2.06. The molecule has 10 heteroatoms. The highest BCUT2D eigenvalue weighted by Gasteiger charge is 2.30. The summed E-state index contributed by atoms with van der Waals surface area (Å²) in [7, 11) is 0. The minimum absolute atomic E-state index is 0.0457. The van der Waals surface area contributed by atoms with Gasteiger partial charge in [-0.15, -0.1) is 0 Å². The van der Waals surface area contributed by atoms with E-state index < -0.39 is 17.6 Å². The van der Waals surface area contributed by atoms with Gasteiger partial charge in [0.1, 0.15) is 17.8 Å². The molecule has 4 aromatic rings. The molecule has 0 saturated heterocycles. The van der Waals surface area contributed by atoms with Crippen molar-refractivity contribution >= 4 is 28.4 Å². The molecule has 1 saturated carbocycles. The van der Waals surface area contributed by atoms with E-state index in [1.165, 1.54) is 18.5 Å². The van der Waals surface area contributed by atoms with Crippen LogP contribution in [0.25, 0.3) is 11.0 Å². The number of nitrogen functional groups attached to an aromatic ring is 1. The Morgan fingerprint density at radius 1 is 1.10 bits per heavy atom. The molecule has 0 radical (unpaired) electrons. The number of anilines is 2. The van der Waals surface area contributed by atoms with Crippen molar-refractivity contribution < 1.29 is 23.1 Å². The maximum atomic E-state index is 13.1. The van der Waals surface area contributed by atoms with Crippen LogP contribution in [0.5, 0.6) is 0 Å². The number of rotatable bonds is 4. The Balaban J connectivity index is 1.43. The Labute approximate surface area is 229 Å². The van der Waals surface area contributed by atoms with Crippen LogP contribution in [0.15, 0.2) is 55.0 Å². The average Bonchev–Trinajstić information content (AvgIpc) is 3.32. The molecule has 5 rings (SSSR count). The van der Waals surface area contributed by atoms with E-state index in [-0.39, 0.29) is 23.9 Å². The molecule has 0 aliphatic heterocycles. The van der Waals surface area contributed by atoms with Crippen LogP contribution in [-0.4, -0.2) is 32.2 Å². The van der Waals surface area contributed by atoms with Gasteiger partial charge in [0.2, 0.25) is 0 Å². The lowest BCUT2D eigenvalue weighted by molar-refractivity contribution is -0.137. The number of nitrogens with two attached hydrogens (primary N) is 1. The van der Waals surface area contributed by atoms with Crippen molar-refractivity contribution in [3.05, 3.63) is 82.8 Å². The van der Waals surface area contributed by atoms with Gasteiger partial charge in [-0.05, 0) is 74.4 Å². The molecule has 2 aromatic heterocycles. The molecule has 1 aliphatic carbocycles. The van der Waals surface area contributed by atoms with Crippen LogP contribution in [0.4, 0.5) is 24.7 Å². The largest absolute Gasteiger partial charge is 0.416 e. The van der Waals surface area contributed by atoms with Gasteiger partial charge in [0.05, 0.1) is 16.5 Å². The number of carbonyl (C=O) groups is 1. The first-order valence-electron chi connectivity index (χ1n) is 13.0. The van der Waals surface area contributed by atoms with E-state index in [4.69, 9.17) is 5.73 Å². The standard InChI is InChI=1S/C30H28F3N5O2/c1-18-5-8-21(29(40)37-24-4-2-3-23(14-24)30(31,32)33)13-20(18)9-10-22-15-38(25-11-6-19(16-39)7-12-25)28-26(22)27(34)35-17-36-28/h2-5,8,13-15,17,19,25,39H,6-7,11-12,16H2,1H3,(H,37,40)(H2,34,35,36)/t19-,25-. The summed E-state index contributed by atoms with van der Waals surface area (Å²) in [4.78, 5) is 21.5. The predicted octanol–water partition coefficient (Wildman–Crippen LogP) is 5.72. The third-order valence-electron chi connectivity index (χ3n) is 7.39. The fourth-order valence-corrected chi connectivity index (χ4v) is 5.10. The number of aromatic nitrogens is 3. The number of aryl methyl sites for hydroxylation is 1. The number of nitrogens with zero attached hydrogens (tertiary/aromatic N) is 3. The normalized spacial score (nSPS) is 17.3. The number of amides is 1. The van der Waals surface area contributed by atoms with Crippen LogP contribution in [-0.2, 0) is 6.18 Å². The lowest BCUT2D eigenvalue weighted by atomic mass is 9.86. The van der Waals surface area contributed by atoms with Crippen LogP contribution in [0, 0.1) is 24.7 Å². The molecular formula is C30H28F3N5O2. The number of alkyl halides is 3. The van der Waals surface area contributed by atoms with E-state index >= 15 is 0 Å². The van der Waals surface area contributed by atoms with Crippen molar-refractivity contribution in [1.29, 1.82) is 0 Å². The van der Waals surface area contributed by atoms with Gasteiger partial charge in [0, 0.05) is 35.7 Å². The highest BCUT2D eigenvalue weighted by Crippen LogP contribution is 2.36. The van der Waals surface area contributed by atoms with Crippen molar-refractivity contribution in [3.8, 4) is 11.8 Å². The third kappa shape index (κ3) is 5.65. The minimum atomic E-state index is -4.51. The smallest absolute Gasteiger partial charge is 0.396 e. The number of nitrogens with one attached hydrogen (secondary N) is 1. The first-order chi connectivity index (χ1) is 19.1. The molecule has 0 bridgehead atoms. The van der Waals surface area contributed by atoms with Crippen LogP contribution in [0.2, 0.25) is 0 Å². The summed E-state index contributed by atoms with van der Waals surface area (Å²) in [6, 6.07) is 9.65. The third-order valence-corrected chi connectivity index (χ3v) is 7.39. The zero-order chi connectivity index (χ0) is 28.4. The van der Waals surface area contributed by atoms with E-state index in [0.717, 1.165) is 43.4 Å². The highest BCUT2D eigenvalue weighted by atomic mass is 19.4. The van der Waals surface area contributed by atoms with Crippen molar-refractivity contribution in [3.63, 3.8) is 0 Å². The van der Waals surface area contributed by atoms with E-state index in [1.54, 1.807) is 18.2 Å². The van der Waals surface area contributed by atoms with E-state index in [0.29, 0.717) is 33.9 Å². The van der Waals surface area contributed by atoms with Gasteiger partial charge in [-0.2, -0.15) is 13.2 Å². The molecule has 0 atom stereocenters. The molecule has 1 fully saturated rings. The van der Waals surface area contributed by atoms with Crippen molar-refractivity contribution in [2.75, 3.05) is 17.7 Å². The Morgan fingerprint density at radius 2 is 1.85 bits per heavy atom. The Bertz CT molecular complexity index is 1630. The second-order valence-electron chi connectivity index (χ2n) is 10.1. The van der Waals surface area contributed by atoms with Crippen molar-refractivity contribution in [2.45, 2.75) is 44.8 Å². The molecule has 7 nitrogen and oxygen atoms in total. The maximum absolute atomic E-state index is 13.1. The van der Waals surface area contributed by atoms with Gasteiger partial charge in [-0.1, -0.05) is 24.0 Å². The second-order valence-corrected chi connectivity index (χ2v) is 10.1. The zero-order valence-corrected chi connectivity index (χ0v) is 21.8. The molecular weight excluding hydrogens is 519 g/mol. The monoisotopic (exact) mass is 547 g/mol. The number of carbonyl (C=O) groups excluding carboxylic acids is 1. The number of aliphatic hydroxyl groups excluding tert-OH is 1. The van der Waals surface area contributed by atoms with E-state index in [2.05, 4.69) is 31.7 Å².